The first-order chi connectivity index (χ1) is 15.0. The summed E-state index contributed by atoms with van der Waals surface area (Å²) >= 11 is 0. The molecule has 3 aromatic rings. The van der Waals surface area contributed by atoms with Crippen LogP contribution in [-0.2, 0) is 23.8 Å². The molecule has 4 heterocycles. The summed E-state index contributed by atoms with van der Waals surface area (Å²) in [6.45, 7) is 2.56. The molecule has 0 radical (unpaired) electrons. The van der Waals surface area contributed by atoms with Crippen LogP contribution in [0.2, 0.25) is 0 Å². The fraction of sp³-hybridized carbons (Fsp3) is 0.375. The van der Waals surface area contributed by atoms with Crippen molar-refractivity contribution in [2.45, 2.75) is 24.8 Å². The number of piperidine rings is 1. The standard InChI is InChI=1S/C24H28N6O/c1-27(2)21-9-8-18(16-26-21)30-20-7-5-4-6-19(20)24(23(30)31)10-13-29(14-11-24)17-22-25-12-15-28(22)3/h4-9,12,15-16H,10-11,13-14,17H2,1-3H3. The zero-order chi connectivity index (χ0) is 21.6. The molecule has 2 aliphatic heterocycles. The lowest BCUT2D eigenvalue weighted by Gasteiger charge is -2.38. The van der Waals surface area contributed by atoms with Crippen molar-refractivity contribution in [1.82, 2.24) is 19.4 Å². The van der Waals surface area contributed by atoms with Crippen molar-refractivity contribution in [3.05, 3.63) is 66.4 Å². The van der Waals surface area contributed by atoms with Crippen molar-refractivity contribution >= 4 is 23.1 Å². The van der Waals surface area contributed by atoms with E-state index in [4.69, 9.17) is 0 Å². The van der Waals surface area contributed by atoms with Crippen LogP contribution in [0.3, 0.4) is 0 Å². The highest BCUT2D eigenvalue weighted by atomic mass is 16.2. The van der Waals surface area contributed by atoms with Gasteiger partial charge in [-0.15, -0.1) is 0 Å². The number of carbonyl (C=O) groups is 1. The molecule has 1 aromatic carbocycles. The molecule has 2 aliphatic rings. The molecule has 160 valence electrons. The second-order valence-corrected chi connectivity index (χ2v) is 8.74. The molecule has 0 aliphatic carbocycles. The Kier molecular flexibility index (Phi) is 4.78. The Morgan fingerprint density at radius 3 is 2.48 bits per heavy atom. The maximum atomic E-state index is 13.9. The third-order valence-corrected chi connectivity index (χ3v) is 6.72. The van der Waals surface area contributed by atoms with Crippen LogP contribution in [0.4, 0.5) is 17.2 Å². The number of anilines is 3. The summed E-state index contributed by atoms with van der Waals surface area (Å²) in [7, 11) is 5.95. The Morgan fingerprint density at radius 2 is 1.84 bits per heavy atom. The molecule has 2 aromatic heterocycles. The number of likely N-dealkylation sites (tertiary alicyclic amines) is 1. The van der Waals surface area contributed by atoms with Crippen LogP contribution in [0, 0.1) is 0 Å². The molecule has 0 N–H and O–H groups in total. The lowest BCUT2D eigenvalue weighted by atomic mass is 9.73. The van der Waals surface area contributed by atoms with Gasteiger partial charge in [0.2, 0.25) is 5.91 Å². The van der Waals surface area contributed by atoms with Crippen LogP contribution < -0.4 is 9.80 Å². The normalized spacial score (nSPS) is 17.9. The molecular formula is C24H28N6O. The second kappa shape index (κ2) is 7.50. The average Bonchev–Trinajstić information content (AvgIpc) is 3.29. The maximum Gasteiger partial charge on any atom is 0.242 e. The number of pyridine rings is 1. The van der Waals surface area contributed by atoms with E-state index >= 15 is 0 Å². The lowest BCUT2D eigenvalue weighted by molar-refractivity contribution is -0.124. The van der Waals surface area contributed by atoms with Gasteiger partial charge in [-0.05, 0) is 49.7 Å². The molecule has 31 heavy (non-hydrogen) atoms. The van der Waals surface area contributed by atoms with Gasteiger partial charge in [0.25, 0.3) is 0 Å². The van der Waals surface area contributed by atoms with E-state index in [1.807, 2.05) is 67.6 Å². The number of para-hydroxylation sites is 1. The average molecular weight is 417 g/mol. The Hall–Kier alpha value is -3.19. The summed E-state index contributed by atoms with van der Waals surface area (Å²) in [6, 6.07) is 12.2. The van der Waals surface area contributed by atoms with Crippen LogP contribution >= 0.6 is 0 Å². The SMILES string of the molecule is CN(C)c1ccc(N2C(=O)C3(CCN(Cc4nccn4C)CC3)c3ccccc32)cn1. The smallest absolute Gasteiger partial charge is 0.242 e. The number of aromatic nitrogens is 3. The number of carbonyl (C=O) groups excluding carboxylic acids is 1. The van der Waals surface area contributed by atoms with E-state index in [2.05, 4.69) is 31.6 Å². The van der Waals surface area contributed by atoms with Crippen molar-refractivity contribution in [3.63, 3.8) is 0 Å². The predicted octanol–water partition coefficient (Wildman–Crippen LogP) is 3.09. The Balaban J connectivity index is 1.43. The number of amides is 1. The number of benzene rings is 1. The first kappa shape index (κ1) is 19.8. The number of nitrogens with zero attached hydrogens (tertiary/aromatic N) is 6. The van der Waals surface area contributed by atoms with Crippen molar-refractivity contribution < 1.29 is 4.79 Å². The first-order valence-corrected chi connectivity index (χ1v) is 10.8. The molecule has 0 atom stereocenters. The number of imidazole rings is 1. The van der Waals surface area contributed by atoms with E-state index in [1.165, 1.54) is 0 Å². The van der Waals surface area contributed by atoms with Crippen LogP contribution in [-0.4, -0.2) is 52.5 Å². The number of fused-ring (bicyclic) bond motifs is 2. The Labute approximate surface area is 182 Å². The third kappa shape index (κ3) is 3.20. The fourth-order valence-corrected chi connectivity index (χ4v) is 4.87. The van der Waals surface area contributed by atoms with Gasteiger partial charge in [-0.2, -0.15) is 0 Å². The van der Waals surface area contributed by atoms with Gasteiger partial charge >= 0.3 is 0 Å². The van der Waals surface area contributed by atoms with Crippen LogP contribution in [0.25, 0.3) is 0 Å². The molecule has 1 fully saturated rings. The maximum absolute atomic E-state index is 13.9. The number of hydrogen-bond donors (Lipinski definition) is 0. The molecule has 0 bridgehead atoms. The van der Waals surface area contributed by atoms with E-state index in [0.29, 0.717) is 0 Å². The highest BCUT2D eigenvalue weighted by Gasteiger charge is 2.52. The van der Waals surface area contributed by atoms with Crippen molar-refractivity contribution in [3.8, 4) is 0 Å². The van der Waals surface area contributed by atoms with E-state index in [-0.39, 0.29) is 5.91 Å². The molecular weight excluding hydrogens is 388 g/mol. The fourth-order valence-electron chi connectivity index (χ4n) is 4.87. The molecule has 1 amide bonds. The zero-order valence-electron chi connectivity index (χ0n) is 18.3. The van der Waals surface area contributed by atoms with Crippen molar-refractivity contribution in [1.29, 1.82) is 0 Å². The molecule has 5 rings (SSSR count). The lowest BCUT2D eigenvalue weighted by Crippen LogP contribution is -2.47. The highest BCUT2D eigenvalue weighted by molar-refractivity contribution is 6.13. The number of aryl methyl sites for hydroxylation is 1. The van der Waals surface area contributed by atoms with Gasteiger partial charge in [0.05, 0.1) is 29.5 Å². The summed E-state index contributed by atoms with van der Waals surface area (Å²) < 4.78 is 2.06. The summed E-state index contributed by atoms with van der Waals surface area (Å²) in [4.78, 5) is 29.1. The van der Waals surface area contributed by atoms with Gasteiger partial charge in [-0.25, -0.2) is 9.97 Å². The molecule has 1 saturated heterocycles. The van der Waals surface area contributed by atoms with E-state index < -0.39 is 5.41 Å². The summed E-state index contributed by atoms with van der Waals surface area (Å²) in [5, 5.41) is 0. The Morgan fingerprint density at radius 1 is 1.06 bits per heavy atom. The Bertz CT molecular complexity index is 1100. The van der Waals surface area contributed by atoms with Crippen LogP contribution in [0.1, 0.15) is 24.2 Å². The van der Waals surface area contributed by atoms with Gasteiger partial charge in [-0.1, -0.05) is 18.2 Å². The van der Waals surface area contributed by atoms with E-state index in [1.54, 1.807) is 6.20 Å². The largest absolute Gasteiger partial charge is 0.363 e. The van der Waals surface area contributed by atoms with E-state index in [0.717, 1.165) is 61.1 Å². The first-order valence-electron chi connectivity index (χ1n) is 10.8. The predicted molar refractivity (Wildman–Crippen MR) is 122 cm³/mol. The van der Waals surface area contributed by atoms with Gasteiger partial charge < -0.3 is 9.47 Å². The highest BCUT2D eigenvalue weighted by Crippen LogP contribution is 2.50. The second-order valence-electron chi connectivity index (χ2n) is 8.74. The molecule has 0 saturated carbocycles. The molecule has 0 unspecified atom stereocenters. The van der Waals surface area contributed by atoms with Crippen LogP contribution in [0.15, 0.2) is 55.0 Å². The van der Waals surface area contributed by atoms with Crippen LogP contribution in [0.5, 0.6) is 0 Å². The summed E-state index contributed by atoms with van der Waals surface area (Å²) in [5.74, 6) is 2.11. The molecule has 1 spiro atoms. The quantitative estimate of drug-likeness (QED) is 0.654. The summed E-state index contributed by atoms with van der Waals surface area (Å²) in [5.41, 5.74) is 2.50. The number of rotatable bonds is 4. The van der Waals surface area contributed by atoms with Gasteiger partial charge in [-0.3, -0.25) is 14.6 Å². The molecule has 7 nitrogen and oxygen atoms in total. The monoisotopic (exact) mass is 416 g/mol. The minimum absolute atomic E-state index is 0.171. The van der Waals surface area contributed by atoms with E-state index in [9.17, 15) is 4.79 Å². The van der Waals surface area contributed by atoms with Gasteiger partial charge in [0.15, 0.2) is 0 Å². The van der Waals surface area contributed by atoms with Crippen molar-refractivity contribution in [2.24, 2.45) is 7.05 Å². The van der Waals surface area contributed by atoms with Crippen molar-refractivity contribution in [2.75, 3.05) is 37.0 Å². The van der Waals surface area contributed by atoms with Gasteiger partial charge in [0.1, 0.15) is 11.6 Å². The third-order valence-electron chi connectivity index (χ3n) is 6.72. The minimum atomic E-state index is -0.463. The minimum Gasteiger partial charge on any atom is -0.363 e. The topological polar surface area (TPSA) is 57.5 Å². The summed E-state index contributed by atoms with van der Waals surface area (Å²) in [6.07, 6.45) is 7.25. The number of hydrogen-bond acceptors (Lipinski definition) is 5. The molecule has 7 heteroatoms. The zero-order valence-corrected chi connectivity index (χ0v) is 18.3. The van der Waals surface area contributed by atoms with Gasteiger partial charge in [0, 0.05) is 33.5 Å².